The van der Waals surface area contributed by atoms with E-state index in [0.29, 0.717) is 12.6 Å². The molecule has 1 aromatic heterocycles. The Labute approximate surface area is 141 Å². The summed E-state index contributed by atoms with van der Waals surface area (Å²) in [6, 6.07) is 8.49. The number of fused-ring (bicyclic) bond motifs is 1. The van der Waals surface area contributed by atoms with Crippen molar-refractivity contribution < 1.29 is 9.59 Å². The number of nitrogens with zero attached hydrogens (tertiary/aromatic N) is 3. The second-order valence-corrected chi connectivity index (χ2v) is 7.04. The van der Waals surface area contributed by atoms with Gasteiger partial charge in [-0.15, -0.1) is 0 Å². The third kappa shape index (κ3) is 2.47. The molecule has 126 valence electrons. The van der Waals surface area contributed by atoms with Gasteiger partial charge < -0.3 is 14.8 Å². The van der Waals surface area contributed by atoms with Gasteiger partial charge in [-0.1, -0.05) is 6.07 Å². The minimum atomic E-state index is -0.142. The minimum absolute atomic E-state index is 0.0644. The monoisotopic (exact) mass is 326 g/mol. The first-order valence-corrected chi connectivity index (χ1v) is 8.36. The lowest BCUT2D eigenvalue weighted by molar-refractivity contribution is -0.128. The first-order chi connectivity index (χ1) is 11.5. The highest BCUT2D eigenvalue weighted by Crippen LogP contribution is 2.32. The van der Waals surface area contributed by atoms with Gasteiger partial charge in [0.25, 0.3) is 5.91 Å². The average molecular weight is 326 g/mol. The van der Waals surface area contributed by atoms with E-state index < -0.39 is 0 Å². The zero-order chi connectivity index (χ0) is 16.8. The van der Waals surface area contributed by atoms with Crippen LogP contribution < -0.4 is 0 Å². The van der Waals surface area contributed by atoms with Crippen LogP contribution in [0.15, 0.2) is 30.5 Å². The summed E-state index contributed by atoms with van der Waals surface area (Å²) < 4.78 is 0. The van der Waals surface area contributed by atoms with E-state index in [4.69, 9.17) is 0 Å². The van der Waals surface area contributed by atoms with Gasteiger partial charge in [0.05, 0.1) is 0 Å². The van der Waals surface area contributed by atoms with E-state index in [1.54, 1.807) is 4.90 Å². The summed E-state index contributed by atoms with van der Waals surface area (Å²) in [6.45, 7) is 0.666. The highest BCUT2D eigenvalue weighted by molar-refractivity contribution is 6.02. The molecule has 2 aliphatic rings. The van der Waals surface area contributed by atoms with Crippen molar-refractivity contribution >= 4 is 22.8 Å². The van der Waals surface area contributed by atoms with Crippen molar-refractivity contribution in [1.29, 1.82) is 0 Å². The number of carbonyl (C=O) groups is 2. The van der Waals surface area contributed by atoms with E-state index in [0.717, 1.165) is 29.3 Å². The molecule has 1 N–H and O–H groups in total. The van der Waals surface area contributed by atoms with E-state index in [1.807, 2.05) is 38.5 Å². The van der Waals surface area contributed by atoms with Gasteiger partial charge in [0.1, 0.15) is 6.54 Å². The van der Waals surface area contributed by atoms with Gasteiger partial charge in [0, 0.05) is 30.3 Å². The maximum atomic E-state index is 12.7. The van der Waals surface area contributed by atoms with Crippen molar-refractivity contribution in [2.45, 2.75) is 31.5 Å². The number of aromatic amines is 1. The molecule has 1 saturated heterocycles. The number of urea groups is 1. The quantitative estimate of drug-likeness (QED) is 0.875. The predicted octanol–water partition coefficient (Wildman–Crippen LogP) is 2.02. The second kappa shape index (κ2) is 5.63. The fraction of sp³-hybridized carbons (Fsp3) is 0.444. The van der Waals surface area contributed by atoms with Crippen molar-refractivity contribution in [2.24, 2.45) is 0 Å². The summed E-state index contributed by atoms with van der Waals surface area (Å²) >= 11 is 0. The zero-order valence-corrected chi connectivity index (χ0v) is 14.0. The summed E-state index contributed by atoms with van der Waals surface area (Å²) in [6.07, 6.45) is 3.67. The summed E-state index contributed by atoms with van der Waals surface area (Å²) in [5.74, 6) is -0.0649. The molecule has 6 heteroatoms. The SMILES string of the molecule is CN(C)C1CC(N2C(=O)CN(Cc3ccc4[nH]ccc4c3)C2=O)C1. The largest absolute Gasteiger partial charge is 0.361 e. The van der Waals surface area contributed by atoms with Crippen LogP contribution in [-0.4, -0.2) is 64.3 Å². The molecule has 1 aliphatic heterocycles. The number of benzene rings is 1. The summed E-state index contributed by atoms with van der Waals surface area (Å²) in [5, 5.41) is 1.12. The molecule has 0 radical (unpaired) electrons. The van der Waals surface area contributed by atoms with Crippen LogP contribution in [0.1, 0.15) is 18.4 Å². The molecule has 1 saturated carbocycles. The number of amides is 3. The number of aromatic nitrogens is 1. The lowest BCUT2D eigenvalue weighted by Gasteiger charge is -2.42. The molecule has 2 heterocycles. The molecular formula is C18H22N4O2. The van der Waals surface area contributed by atoms with Crippen LogP contribution in [0.25, 0.3) is 10.9 Å². The molecular weight excluding hydrogens is 304 g/mol. The number of carbonyl (C=O) groups excluding carboxylic acids is 2. The van der Waals surface area contributed by atoms with Gasteiger partial charge in [-0.3, -0.25) is 9.69 Å². The standard InChI is InChI=1S/C18H22N4O2/c1-20(2)14-8-15(9-14)22-17(23)11-21(18(22)24)10-12-3-4-16-13(7-12)5-6-19-16/h3-7,14-15,19H,8-11H2,1-2H3. The predicted molar refractivity (Wildman–Crippen MR) is 91.4 cm³/mol. The molecule has 6 nitrogen and oxygen atoms in total. The molecule has 24 heavy (non-hydrogen) atoms. The summed E-state index contributed by atoms with van der Waals surface area (Å²) in [4.78, 5) is 33.4. The molecule has 0 spiro atoms. The summed E-state index contributed by atoms with van der Waals surface area (Å²) in [5.41, 5.74) is 2.12. The van der Waals surface area contributed by atoms with Crippen LogP contribution in [0, 0.1) is 0 Å². The Bertz CT molecular complexity index is 791. The third-order valence-electron chi connectivity index (χ3n) is 5.25. The van der Waals surface area contributed by atoms with Crippen LogP contribution in [0.2, 0.25) is 0 Å². The fourth-order valence-electron chi connectivity index (χ4n) is 3.66. The normalized spacial score (nSPS) is 24.3. The Hall–Kier alpha value is -2.34. The van der Waals surface area contributed by atoms with Crippen LogP contribution in [0.5, 0.6) is 0 Å². The molecule has 1 aromatic carbocycles. The van der Waals surface area contributed by atoms with Crippen molar-refractivity contribution in [3.8, 4) is 0 Å². The molecule has 1 aliphatic carbocycles. The number of nitrogens with one attached hydrogen (secondary N) is 1. The number of rotatable bonds is 4. The van der Waals surface area contributed by atoms with Crippen LogP contribution in [0.3, 0.4) is 0 Å². The van der Waals surface area contributed by atoms with E-state index in [9.17, 15) is 9.59 Å². The number of hydrogen-bond acceptors (Lipinski definition) is 3. The topological polar surface area (TPSA) is 59.6 Å². The maximum Gasteiger partial charge on any atom is 0.327 e. The average Bonchev–Trinajstić information content (AvgIpc) is 3.05. The lowest BCUT2D eigenvalue weighted by Crippen LogP contribution is -2.54. The second-order valence-electron chi connectivity index (χ2n) is 7.04. The minimum Gasteiger partial charge on any atom is -0.361 e. The van der Waals surface area contributed by atoms with Crippen LogP contribution in [0.4, 0.5) is 4.79 Å². The number of hydrogen-bond donors (Lipinski definition) is 1. The highest BCUT2D eigenvalue weighted by atomic mass is 16.2. The highest BCUT2D eigenvalue weighted by Gasteiger charge is 2.45. The van der Waals surface area contributed by atoms with Crippen molar-refractivity contribution in [2.75, 3.05) is 20.6 Å². The van der Waals surface area contributed by atoms with Gasteiger partial charge >= 0.3 is 6.03 Å². The Kier molecular flexibility index (Phi) is 3.57. The van der Waals surface area contributed by atoms with Crippen molar-refractivity contribution in [1.82, 2.24) is 19.7 Å². The Balaban J connectivity index is 1.45. The van der Waals surface area contributed by atoms with Crippen molar-refractivity contribution in [3.63, 3.8) is 0 Å². The molecule has 2 fully saturated rings. The van der Waals surface area contributed by atoms with Gasteiger partial charge in [-0.05, 0) is 56.1 Å². The molecule has 2 aromatic rings. The molecule has 0 atom stereocenters. The van der Waals surface area contributed by atoms with E-state index in [1.165, 1.54) is 4.90 Å². The van der Waals surface area contributed by atoms with E-state index >= 15 is 0 Å². The Morgan fingerprint density at radius 2 is 2.00 bits per heavy atom. The molecule has 0 unspecified atom stereocenters. The van der Waals surface area contributed by atoms with E-state index in [-0.39, 0.29) is 24.5 Å². The lowest BCUT2D eigenvalue weighted by atomic mass is 9.85. The third-order valence-corrected chi connectivity index (χ3v) is 5.25. The van der Waals surface area contributed by atoms with Gasteiger partial charge in [-0.25, -0.2) is 4.79 Å². The van der Waals surface area contributed by atoms with Gasteiger partial charge in [0.15, 0.2) is 0 Å². The molecule has 0 bridgehead atoms. The van der Waals surface area contributed by atoms with Gasteiger partial charge in [-0.2, -0.15) is 0 Å². The van der Waals surface area contributed by atoms with Gasteiger partial charge in [0.2, 0.25) is 0 Å². The van der Waals surface area contributed by atoms with Crippen LogP contribution in [-0.2, 0) is 11.3 Å². The Morgan fingerprint density at radius 3 is 2.75 bits per heavy atom. The number of imide groups is 1. The Morgan fingerprint density at radius 1 is 1.21 bits per heavy atom. The van der Waals surface area contributed by atoms with E-state index in [2.05, 4.69) is 16.0 Å². The first kappa shape index (κ1) is 15.2. The molecule has 4 rings (SSSR count). The van der Waals surface area contributed by atoms with Crippen molar-refractivity contribution in [3.05, 3.63) is 36.0 Å². The fourth-order valence-corrected chi connectivity index (χ4v) is 3.66. The number of H-pyrrole nitrogens is 1. The van der Waals surface area contributed by atoms with Crippen LogP contribution >= 0.6 is 0 Å². The maximum absolute atomic E-state index is 12.7. The molecule has 3 amide bonds. The zero-order valence-electron chi connectivity index (χ0n) is 14.0. The summed E-state index contributed by atoms with van der Waals surface area (Å²) in [7, 11) is 4.08. The smallest absolute Gasteiger partial charge is 0.327 e. The first-order valence-electron chi connectivity index (χ1n) is 8.36.